The van der Waals surface area contributed by atoms with Crippen molar-refractivity contribution in [1.29, 1.82) is 0 Å². The Morgan fingerprint density at radius 2 is 1.87 bits per heavy atom. The molecule has 0 bridgehead atoms. The van der Waals surface area contributed by atoms with Gasteiger partial charge in [0, 0.05) is 11.8 Å². The van der Waals surface area contributed by atoms with Crippen molar-refractivity contribution in [3.05, 3.63) is 36.0 Å². The largest absolute Gasteiger partial charge is 0.399 e. The first kappa shape index (κ1) is 9.58. The Kier molecular flexibility index (Phi) is 2.33. The molecule has 0 saturated carbocycles. The molecule has 0 aliphatic rings. The molecule has 1 aromatic heterocycles. The number of nitrogen functional groups attached to an aromatic ring is 2. The Morgan fingerprint density at radius 3 is 2.40 bits per heavy atom. The molecule has 2 aromatic rings. The van der Waals surface area contributed by atoms with Gasteiger partial charge in [-0.3, -0.25) is 0 Å². The first-order valence-electron chi connectivity index (χ1n) is 4.91. The van der Waals surface area contributed by atoms with E-state index in [4.69, 9.17) is 11.5 Å². The summed E-state index contributed by atoms with van der Waals surface area (Å²) < 4.78 is 1.72. The minimum atomic E-state index is 0.650. The molecule has 0 saturated heterocycles. The maximum atomic E-state index is 5.86. The topological polar surface area (TPSA) is 69.9 Å². The van der Waals surface area contributed by atoms with Crippen molar-refractivity contribution in [2.45, 2.75) is 13.3 Å². The van der Waals surface area contributed by atoms with Crippen LogP contribution in [0, 0.1) is 0 Å². The highest BCUT2D eigenvalue weighted by atomic mass is 15.3. The number of nitrogens with two attached hydrogens (primary N) is 2. The molecule has 0 fully saturated rings. The van der Waals surface area contributed by atoms with Crippen LogP contribution in [0.4, 0.5) is 11.5 Å². The van der Waals surface area contributed by atoms with E-state index in [1.54, 1.807) is 4.68 Å². The smallest absolute Gasteiger partial charge is 0.127 e. The van der Waals surface area contributed by atoms with Crippen molar-refractivity contribution in [2.24, 2.45) is 0 Å². The van der Waals surface area contributed by atoms with Gasteiger partial charge in [-0.05, 0) is 30.7 Å². The summed E-state index contributed by atoms with van der Waals surface area (Å²) >= 11 is 0. The molecular weight excluding hydrogens is 188 g/mol. The molecule has 15 heavy (non-hydrogen) atoms. The molecule has 4 N–H and O–H groups in total. The van der Waals surface area contributed by atoms with Gasteiger partial charge < -0.3 is 11.5 Å². The molecule has 1 heterocycles. The Labute approximate surface area is 88.5 Å². The fourth-order valence-corrected chi connectivity index (χ4v) is 1.44. The fraction of sp³-hybridized carbons (Fsp3) is 0.182. The van der Waals surface area contributed by atoms with Gasteiger partial charge in [0.25, 0.3) is 0 Å². The van der Waals surface area contributed by atoms with Crippen molar-refractivity contribution in [3.8, 4) is 5.69 Å². The molecule has 0 atom stereocenters. The van der Waals surface area contributed by atoms with Crippen LogP contribution in [0.15, 0.2) is 30.3 Å². The number of benzene rings is 1. The molecule has 0 unspecified atom stereocenters. The number of aromatic nitrogens is 2. The monoisotopic (exact) mass is 202 g/mol. The third-order valence-corrected chi connectivity index (χ3v) is 2.29. The number of anilines is 2. The van der Waals surface area contributed by atoms with Crippen molar-refractivity contribution in [2.75, 3.05) is 11.5 Å². The first-order chi connectivity index (χ1) is 7.20. The molecule has 0 radical (unpaired) electrons. The predicted molar refractivity (Wildman–Crippen MR) is 61.8 cm³/mol. The average molecular weight is 202 g/mol. The maximum absolute atomic E-state index is 5.86. The van der Waals surface area contributed by atoms with Gasteiger partial charge in [0.05, 0.1) is 11.4 Å². The van der Waals surface area contributed by atoms with Crippen molar-refractivity contribution < 1.29 is 0 Å². The van der Waals surface area contributed by atoms with Crippen molar-refractivity contribution in [1.82, 2.24) is 9.78 Å². The summed E-state index contributed by atoms with van der Waals surface area (Å²) in [7, 11) is 0. The van der Waals surface area contributed by atoms with Gasteiger partial charge in [-0.1, -0.05) is 6.92 Å². The molecular formula is C11H14N4. The number of hydrogen-bond acceptors (Lipinski definition) is 3. The van der Waals surface area contributed by atoms with Gasteiger partial charge in [-0.15, -0.1) is 0 Å². The van der Waals surface area contributed by atoms with Crippen LogP contribution < -0.4 is 11.5 Å². The Bertz CT molecular complexity index is 456. The van der Waals surface area contributed by atoms with Gasteiger partial charge >= 0.3 is 0 Å². The normalized spacial score (nSPS) is 10.5. The summed E-state index contributed by atoms with van der Waals surface area (Å²) in [6.07, 6.45) is 0.881. The number of hydrogen-bond donors (Lipinski definition) is 2. The lowest BCUT2D eigenvalue weighted by Gasteiger charge is -2.03. The van der Waals surface area contributed by atoms with E-state index >= 15 is 0 Å². The number of nitrogens with zero attached hydrogens (tertiary/aromatic N) is 2. The zero-order chi connectivity index (χ0) is 10.8. The second-order valence-corrected chi connectivity index (χ2v) is 3.42. The lowest BCUT2D eigenvalue weighted by Crippen LogP contribution is -2.01. The van der Waals surface area contributed by atoms with Gasteiger partial charge in [-0.25, -0.2) is 4.68 Å². The highest BCUT2D eigenvalue weighted by Crippen LogP contribution is 2.15. The molecule has 0 aliphatic heterocycles. The molecule has 0 amide bonds. The summed E-state index contributed by atoms with van der Waals surface area (Å²) in [6, 6.07) is 9.36. The summed E-state index contributed by atoms with van der Waals surface area (Å²) in [6.45, 7) is 2.05. The minimum absolute atomic E-state index is 0.650. The highest BCUT2D eigenvalue weighted by molar-refractivity contribution is 5.48. The van der Waals surface area contributed by atoms with Crippen LogP contribution in [0.3, 0.4) is 0 Å². The van der Waals surface area contributed by atoms with Gasteiger partial charge in [0.2, 0.25) is 0 Å². The quantitative estimate of drug-likeness (QED) is 0.727. The summed E-state index contributed by atoms with van der Waals surface area (Å²) in [4.78, 5) is 0. The van der Waals surface area contributed by atoms with E-state index in [1.165, 1.54) is 0 Å². The highest BCUT2D eigenvalue weighted by Gasteiger charge is 2.04. The van der Waals surface area contributed by atoms with E-state index in [1.807, 2.05) is 30.3 Å². The molecule has 4 heteroatoms. The SMILES string of the molecule is CCc1cc(N)n(-c2ccc(N)cc2)n1. The third kappa shape index (κ3) is 1.79. The van der Waals surface area contributed by atoms with Crippen LogP contribution in [-0.2, 0) is 6.42 Å². The first-order valence-corrected chi connectivity index (χ1v) is 4.91. The zero-order valence-electron chi connectivity index (χ0n) is 8.64. The van der Waals surface area contributed by atoms with Crippen LogP contribution in [0.1, 0.15) is 12.6 Å². The minimum Gasteiger partial charge on any atom is -0.399 e. The van der Waals surface area contributed by atoms with Crippen LogP contribution in [0.25, 0.3) is 5.69 Å². The summed E-state index contributed by atoms with van der Waals surface area (Å²) in [5.41, 5.74) is 14.1. The Morgan fingerprint density at radius 1 is 1.20 bits per heavy atom. The second kappa shape index (κ2) is 3.65. The van der Waals surface area contributed by atoms with Crippen molar-refractivity contribution in [3.63, 3.8) is 0 Å². The van der Waals surface area contributed by atoms with Crippen LogP contribution in [0.5, 0.6) is 0 Å². The van der Waals surface area contributed by atoms with Crippen LogP contribution in [-0.4, -0.2) is 9.78 Å². The van der Waals surface area contributed by atoms with Gasteiger partial charge in [-0.2, -0.15) is 5.10 Å². The van der Waals surface area contributed by atoms with E-state index in [9.17, 15) is 0 Å². The predicted octanol–water partition coefficient (Wildman–Crippen LogP) is 1.60. The molecule has 0 aliphatic carbocycles. The summed E-state index contributed by atoms with van der Waals surface area (Å²) in [5.74, 6) is 0.650. The van der Waals surface area contributed by atoms with E-state index in [2.05, 4.69) is 12.0 Å². The van der Waals surface area contributed by atoms with E-state index in [0.717, 1.165) is 23.5 Å². The van der Waals surface area contributed by atoms with Crippen LogP contribution in [0.2, 0.25) is 0 Å². The Hall–Kier alpha value is -1.97. The number of rotatable bonds is 2. The van der Waals surface area contributed by atoms with Gasteiger partial charge in [0.15, 0.2) is 0 Å². The summed E-state index contributed by atoms with van der Waals surface area (Å²) in [5, 5.41) is 4.38. The lowest BCUT2D eigenvalue weighted by atomic mass is 10.3. The van der Waals surface area contributed by atoms with E-state index < -0.39 is 0 Å². The van der Waals surface area contributed by atoms with Crippen LogP contribution >= 0.6 is 0 Å². The molecule has 78 valence electrons. The van der Waals surface area contributed by atoms with E-state index in [-0.39, 0.29) is 0 Å². The average Bonchev–Trinajstić information content (AvgIpc) is 2.61. The third-order valence-electron chi connectivity index (χ3n) is 2.29. The maximum Gasteiger partial charge on any atom is 0.127 e. The van der Waals surface area contributed by atoms with E-state index in [0.29, 0.717) is 5.82 Å². The second-order valence-electron chi connectivity index (χ2n) is 3.42. The van der Waals surface area contributed by atoms with Gasteiger partial charge in [0.1, 0.15) is 5.82 Å². The Balaban J connectivity index is 2.44. The van der Waals surface area contributed by atoms with Crippen molar-refractivity contribution >= 4 is 11.5 Å². The molecule has 4 nitrogen and oxygen atoms in total. The zero-order valence-corrected chi connectivity index (χ0v) is 8.64. The molecule has 0 spiro atoms. The molecule has 2 rings (SSSR count). The number of aryl methyl sites for hydroxylation is 1. The lowest BCUT2D eigenvalue weighted by molar-refractivity contribution is 0.849. The standard InChI is InChI=1S/C11H14N4/c1-2-9-7-11(13)15(14-9)10-5-3-8(12)4-6-10/h3-7H,2,12-13H2,1H3. The molecule has 1 aromatic carbocycles. The fourth-order valence-electron chi connectivity index (χ4n) is 1.44.